The number of ether oxygens (including phenoxy) is 3. The van der Waals surface area contributed by atoms with Gasteiger partial charge < -0.3 is 19.1 Å². The third-order valence-corrected chi connectivity index (χ3v) is 4.03. The Kier molecular flexibility index (Phi) is 4.88. The first-order chi connectivity index (χ1) is 12.1. The SMILES string of the molecule is COC(=O)[C@H]1CN(C(=O)Cc2cccc(OC)c2)c2ccccc2O1. The lowest BCUT2D eigenvalue weighted by Gasteiger charge is -2.33. The number of nitrogens with zero attached hydrogens (tertiary/aromatic N) is 1. The van der Waals surface area contributed by atoms with Crippen molar-refractivity contribution in [2.24, 2.45) is 0 Å². The highest BCUT2D eigenvalue weighted by Crippen LogP contribution is 2.33. The van der Waals surface area contributed by atoms with E-state index in [1.165, 1.54) is 7.11 Å². The minimum atomic E-state index is -0.839. The van der Waals surface area contributed by atoms with E-state index in [4.69, 9.17) is 14.2 Å². The molecule has 2 aromatic rings. The molecule has 6 nitrogen and oxygen atoms in total. The van der Waals surface area contributed by atoms with E-state index in [0.717, 1.165) is 5.56 Å². The summed E-state index contributed by atoms with van der Waals surface area (Å²) < 4.78 is 15.6. The Morgan fingerprint density at radius 3 is 2.72 bits per heavy atom. The summed E-state index contributed by atoms with van der Waals surface area (Å²) in [5, 5.41) is 0. The van der Waals surface area contributed by atoms with Crippen molar-refractivity contribution < 1.29 is 23.8 Å². The summed E-state index contributed by atoms with van der Waals surface area (Å²) in [5.41, 5.74) is 1.48. The number of fused-ring (bicyclic) bond motifs is 1. The molecular formula is C19H19NO5. The van der Waals surface area contributed by atoms with E-state index in [1.807, 2.05) is 30.3 Å². The topological polar surface area (TPSA) is 65.1 Å². The van der Waals surface area contributed by atoms with E-state index in [9.17, 15) is 9.59 Å². The van der Waals surface area contributed by atoms with Crippen LogP contribution >= 0.6 is 0 Å². The number of para-hydroxylation sites is 2. The molecule has 1 aliphatic heterocycles. The molecular weight excluding hydrogens is 322 g/mol. The third kappa shape index (κ3) is 3.57. The summed E-state index contributed by atoms with van der Waals surface area (Å²) in [5.74, 6) is 0.551. The van der Waals surface area contributed by atoms with Gasteiger partial charge in [-0.3, -0.25) is 4.79 Å². The van der Waals surface area contributed by atoms with Crippen LogP contribution in [-0.4, -0.2) is 38.7 Å². The van der Waals surface area contributed by atoms with Crippen molar-refractivity contribution in [2.45, 2.75) is 12.5 Å². The predicted molar refractivity (Wildman–Crippen MR) is 91.9 cm³/mol. The highest BCUT2D eigenvalue weighted by molar-refractivity contribution is 5.98. The number of carbonyl (C=O) groups is 2. The number of anilines is 1. The average Bonchev–Trinajstić information content (AvgIpc) is 2.66. The van der Waals surface area contributed by atoms with E-state index in [2.05, 4.69) is 0 Å². The monoisotopic (exact) mass is 341 g/mol. The fraction of sp³-hybridized carbons (Fsp3) is 0.263. The van der Waals surface area contributed by atoms with Crippen LogP contribution in [0.1, 0.15) is 5.56 Å². The molecule has 0 fully saturated rings. The van der Waals surface area contributed by atoms with Crippen LogP contribution in [0.25, 0.3) is 0 Å². The maximum Gasteiger partial charge on any atom is 0.348 e. The van der Waals surface area contributed by atoms with Gasteiger partial charge in [-0.1, -0.05) is 24.3 Å². The van der Waals surface area contributed by atoms with Gasteiger partial charge in [0.05, 0.1) is 32.9 Å². The van der Waals surface area contributed by atoms with E-state index < -0.39 is 12.1 Å². The first-order valence-electron chi connectivity index (χ1n) is 7.89. The normalized spacial score (nSPS) is 15.8. The van der Waals surface area contributed by atoms with Gasteiger partial charge in [-0.25, -0.2) is 4.79 Å². The van der Waals surface area contributed by atoms with Crippen LogP contribution in [0.2, 0.25) is 0 Å². The fourth-order valence-electron chi connectivity index (χ4n) is 2.78. The molecule has 0 unspecified atom stereocenters. The molecule has 0 spiro atoms. The second kappa shape index (κ2) is 7.25. The standard InChI is InChI=1S/C19H19NO5/c1-23-14-7-5-6-13(10-14)11-18(21)20-12-17(19(22)24-2)25-16-9-4-3-8-15(16)20/h3-10,17H,11-12H2,1-2H3/t17-/m1/s1. The van der Waals surface area contributed by atoms with Gasteiger partial charge in [0, 0.05) is 0 Å². The van der Waals surface area contributed by atoms with Crippen molar-refractivity contribution in [3.05, 3.63) is 54.1 Å². The van der Waals surface area contributed by atoms with Crippen LogP contribution in [0.15, 0.2) is 48.5 Å². The first kappa shape index (κ1) is 16.8. The molecule has 0 aromatic heterocycles. The minimum absolute atomic E-state index is 0.118. The number of esters is 1. The number of hydrogen-bond acceptors (Lipinski definition) is 5. The van der Waals surface area contributed by atoms with Gasteiger partial charge in [-0.05, 0) is 29.8 Å². The molecule has 1 aliphatic rings. The lowest BCUT2D eigenvalue weighted by molar-refractivity contribution is -0.148. The van der Waals surface area contributed by atoms with Crippen molar-refractivity contribution >= 4 is 17.6 Å². The van der Waals surface area contributed by atoms with Gasteiger partial charge >= 0.3 is 5.97 Å². The van der Waals surface area contributed by atoms with Crippen LogP contribution in [0, 0.1) is 0 Å². The number of carbonyl (C=O) groups excluding carboxylic acids is 2. The van der Waals surface area contributed by atoms with Gasteiger partial charge in [0.1, 0.15) is 11.5 Å². The highest BCUT2D eigenvalue weighted by atomic mass is 16.6. The molecule has 130 valence electrons. The van der Waals surface area contributed by atoms with E-state index in [1.54, 1.807) is 30.2 Å². The fourth-order valence-corrected chi connectivity index (χ4v) is 2.78. The second-order valence-corrected chi connectivity index (χ2v) is 5.63. The van der Waals surface area contributed by atoms with Crippen LogP contribution in [0.4, 0.5) is 5.69 Å². The summed E-state index contributed by atoms with van der Waals surface area (Å²) in [4.78, 5) is 26.3. The summed E-state index contributed by atoms with van der Waals surface area (Å²) >= 11 is 0. The predicted octanol–water partition coefficient (Wildman–Crippen LogP) is 2.20. The maximum absolute atomic E-state index is 12.9. The summed E-state index contributed by atoms with van der Waals surface area (Å²) in [7, 11) is 2.88. The smallest absolute Gasteiger partial charge is 0.348 e. The molecule has 3 rings (SSSR count). The molecule has 6 heteroatoms. The molecule has 1 atom stereocenters. The second-order valence-electron chi connectivity index (χ2n) is 5.63. The number of hydrogen-bond donors (Lipinski definition) is 0. The van der Waals surface area contributed by atoms with Crippen LogP contribution in [-0.2, 0) is 20.7 Å². The zero-order valence-electron chi connectivity index (χ0n) is 14.1. The summed E-state index contributed by atoms with van der Waals surface area (Å²) in [6.45, 7) is 0.118. The average molecular weight is 341 g/mol. The lowest BCUT2D eigenvalue weighted by Crippen LogP contribution is -2.48. The zero-order valence-corrected chi connectivity index (χ0v) is 14.1. The van der Waals surface area contributed by atoms with Gasteiger partial charge in [0.25, 0.3) is 0 Å². The minimum Gasteiger partial charge on any atom is -0.497 e. The van der Waals surface area contributed by atoms with Gasteiger partial charge in [-0.2, -0.15) is 0 Å². The van der Waals surface area contributed by atoms with E-state index in [-0.39, 0.29) is 18.9 Å². The number of amides is 1. The Hall–Kier alpha value is -3.02. The molecule has 0 saturated heterocycles. The maximum atomic E-state index is 12.9. The largest absolute Gasteiger partial charge is 0.497 e. The van der Waals surface area contributed by atoms with Crippen molar-refractivity contribution in [2.75, 3.05) is 25.7 Å². The van der Waals surface area contributed by atoms with Gasteiger partial charge in [-0.15, -0.1) is 0 Å². The Bertz CT molecular complexity index is 789. The zero-order chi connectivity index (χ0) is 17.8. The molecule has 2 aromatic carbocycles. The number of benzene rings is 2. The quantitative estimate of drug-likeness (QED) is 0.798. The van der Waals surface area contributed by atoms with Crippen molar-refractivity contribution in [3.8, 4) is 11.5 Å². The molecule has 0 saturated carbocycles. The molecule has 0 N–H and O–H groups in total. The van der Waals surface area contributed by atoms with Crippen LogP contribution in [0.3, 0.4) is 0 Å². The first-order valence-corrected chi connectivity index (χ1v) is 7.89. The summed E-state index contributed by atoms with van der Waals surface area (Å²) in [6.07, 6.45) is -0.645. The van der Waals surface area contributed by atoms with Crippen LogP contribution < -0.4 is 14.4 Å². The Morgan fingerprint density at radius 2 is 1.96 bits per heavy atom. The molecule has 25 heavy (non-hydrogen) atoms. The molecule has 0 radical (unpaired) electrons. The molecule has 1 heterocycles. The Labute approximate surface area is 145 Å². The number of methoxy groups -OCH3 is 2. The van der Waals surface area contributed by atoms with E-state index in [0.29, 0.717) is 17.2 Å². The van der Waals surface area contributed by atoms with Crippen molar-refractivity contribution in [1.82, 2.24) is 0 Å². The molecule has 0 bridgehead atoms. The van der Waals surface area contributed by atoms with Crippen molar-refractivity contribution in [3.63, 3.8) is 0 Å². The van der Waals surface area contributed by atoms with Crippen LogP contribution in [0.5, 0.6) is 11.5 Å². The highest BCUT2D eigenvalue weighted by Gasteiger charge is 2.34. The van der Waals surface area contributed by atoms with Gasteiger partial charge in [0.2, 0.25) is 12.0 Å². The van der Waals surface area contributed by atoms with Gasteiger partial charge in [0.15, 0.2) is 0 Å². The Morgan fingerprint density at radius 1 is 1.16 bits per heavy atom. The third-order valence-electron chi connectivity index (χ3n) is 4.03. The lowest BCUT2D eigenvalue weighted by atomic mass is 10.1. The molecule has 1 amide bonds. The van der Waals surface area contributed by atoms with Crippen molar-refractivity contribution in [1.29, 1.82) is 0 Å². The summed E-state index contributed by atoms with van der Waals surface area (Å²) in [6, 6.07) is 14.5. The van der Waals surface area contributed by atoms with E-state index >= 15 is 0 Å². The Balaban J connectivity index is 1.86. The number of rotatable bonds is 4. The molecule has 0 aliphatic carbocycles.